The van der Waals surface area contributed by atoms with E-state index in [-0.39, 0.29) is 5.41 Å². The van der Waals surface area contributed by atoms with Crippen LogP contribution in [0.3, 0.4) is 0 Å². The van der Waals surface area contributed by atoms with Crippen molar-refractivity contribution in [1.29, 1.82) is 0 Å². The second kappa shape index (κ2) is 4.48. The van der Waals surface area contributed by atoms with Gasteiger partial charge in [0.1, 0.15) is 0 Å². The van der Waals surface area contributed by atoms with Gasteiger partial charge < -0.3 is 0 Å². The first-order chi connectivity index (χ1) is 6.96. The van der Waals surface area contributed by atoms with Gasteiger partial charge in [0.2, 0.25) is 0 Å². The highest BCUT2D eigenvalue weighted by molar-refractivity contribution is 5.70. The maximum Gasteiger partial charge on any atom is -0.0129 e. The van der Waals surface area contributed by atoms with Crippen LogP contribution in [0.5, 0.6) is 0 Å². The first-order valence-corrected chi connectivity index (χ1v) is 5.36. The molecule has 0 aromatic heterocycles. The molecule has 0 bridgehead atoms. The highest BCUT2D eigenvalue weighted by Crippen LogP contribution is 2.32. The first-order valence-electron chi connectivity index (χ1n) is 5.36. The molecule has 0 spiro atoms. The Morgan fingerprint density at radius 3 is 2.07 bits per heavy atom. The Morgan fingerprint density at radius 1 is 1.13 bits per heavy atom. The van der Waals surface area contributed by atoms with Gasteiger partial charge in [0.15, 0.2) is 0 Å². The van der Waals surface area contributed by atoms with E-state index >= 15 is 0 Å². The van der Waals surface area contributed by atoms with Crippen LogP contribution in [0.4, 0.5) is 0 Å². The van der Waals surface area contributed by atoms with Gasteiger partial charge in [-0.25, -0.2) is 0 Å². The molecule has 15 heavy (non-hydrogen) atoms. The summed E-state index contributed by atoms with van der Waals surface area (Å²) in [6.45, 7) is 12.7. The molecule has 1 aromatic rings. The zero-order valence-electron chi connectivity index (χ0n) is 10.2. The predicted octanol–water partition coefficient (Wildman–Crippen LogP) is 4.69. The van der Waals surface area contributed by atoms with E-state index in [1.165, 1.54) is 16.7 Å². The van der Waals surface area contributed by atoms with Gasteiger partial charge in [-0.2, -0.15) is 0 Å². The molecule has 0 heteroatoms. The third-order valence-corrected chi connectivity index (χ3v) is 2.62. The normalized spacial score (nSPS) is 13.3. The lowest BCUT2D eigenvalue weighted by atomic mass is 9.82. The van der Waals surface area contributed by atoms with Crippen molar-refractivity contribution in [2.24, 2.45) is 5.41 Å². The minimum absolute atomic E-state index is 0.154. The van der Waals surface area contributed by atoms with Crippen LogP contribution in [0.2, 0.25) is 0 Å². The number of rotatable bonds is 2. The molecule has 80 valence electrons. The summed E-state index contributed by atoms with van der Waals surface area (Å²) >= 11 is 0. The van der Waals surface area contributed by atoms with E-state index in [0.717, 1.165) is 0 Å². The van der Waals surface area contributed by atoms with Crippen LogP contribution in [0.15, 0.2) is 48.6 Å². The summed E-state index contributed by atoms with van der Waals surface area (Å²) in [5.74, 6) is 0. The summed E-state index contributed by atoms with van der Waals surface area (Å²) in [4.78, 5) is 0. The minimum Gasteiger partial charge on any atom is -0.0988 e. The van der Waals surface area contributed by atoms with E-state index in [1.807, 2.05) is 12.1 Å². The number of hydrogen-bond acceptors (Lipinski definition) is 0. The maximum atomic E-state index is 3.92. The smallest absolute Gasteiger partial charge is 0.0129 e. The van der Waals surface area contributed by atoms with Gasteiger partial charge in [0.05, 0.1) is 0 Å². The highest BCUT2D eigenvalue weighted by atomic mass is 14.2. The molecule has 0 amide bonds. The van der Waals surface area contributed by atoms with E-state index in [0.29, 0.717) is 0 Å². The van der Waals surface area contributed by atoms with Crippen LogP contribution in [0, 0.1) is 5.41 Å². The van der Waals surface area contributed by atoms with Gasteiger partial charge in [0.25, 0.3) is 0 Å². The van der Waals surface area contributed by atoms with Crippen LogP contribution in [-0.4, -0.2) is 0 Å². The molecular formula is C15H20. The monoisotopic (exact) mass is 200 g/mol. The van der Waals surface area contributed by atoms with E-state index in [1.54, 1.807) is 0 Å². The van der Waals surface area contributed by atoms with Crippen molar-refractivity contribution < 1.29 is 0 Å². The fourth-order valence-corrected chi connectivity index (χ4v) is 1.87. The summed E-state index contributed by atoms with van der Waals surface area (Å²) < 4.78 is 0. The molecule has 0 radical (unpaired) electrons. The van der Waals surface area contributed by atoms with Gasteiger partial charge in [0, 0.05) is 0 Å². The van der Waals surface area contributed by atoms with Crippen molar-refractivity contribution >= 4 is 5.57 Å². The average molecular weight is 200 g/mol. The lowest BCUT2D eigenvalue weighted by molar-refractivity contribution is 0.519. The molecule has 0 N–H and O–H groups in total. The molecule has 0 nitrogen and oxygen atoms in total. The van der Waals surface area contributed by atoms with E-state index < -0.39 is 0 Å². The van der Waals surface area contributed by atoms with Gasteiger partial charge in [-0.15, -0.1) is 0 Å². The van der Waals surface area contributed by atoms with Crippen molar-refractivity contribution in [3.63, 3.8) is 0 Å². The minimum atomic E-state index is 0.154. The van der Waals surface area contributed by atoms with Crippen molar-refractivity contribution in [2.75, 3.05) is 0 Å². The lowest BCUT2D eigenvalue weighted by Crippen LogP contribution is -2.09. The topological polar surface area (TPSA) is 0 Å². The summed E-state index contributed by atoms with van der Waals surface area (Å²) in [5, 5.41) is 0. The van der Waals surface area contributed by atoms with Crippen LogP contribution in [0.1, 0.15) is 33.3 Å². The van der Waals surface area contributed by atoms with Crippen LogP contribution >= 0.6 is 0 Å². The zero-order chi connectivity index (χ0) is 11.5. The Morgan fingerprint density at radius 2 is 1.67 bits per heavy atom. The largest absolute Gasteiger partial charge is 0.0988 e. The molecule has 0 fully saturated rings. The third kappa shape index (κ3) is 2.82. The molecule has 1 rings (SSSR count). The van der Waals surface area contributed by atoms with Gasteiger partial charge in [-0.3, -0.25) is 0 Å². The summed E-state index contributed by atoms with van der Waals surface area (Å²) in [6.07, 6.45) is 1.97. The zero-order valence-corrected chi connectivity index (χ0v) is 10.2. The Kier molecular flexibility index (Phi) is 3.52. The fraction of sp³-hybridized carbons (Fsp3) is 0.333. The van der Waals surface area contributed by atoms with Crippen LogP contribution in [-0.2, 0) is 0 Å². The standard InChI is InChI=1S/C15H20/c1-6-14(15(3,4)5)12(2)13-10-8-7-9-11-13/h6-11H,1H2,2-5H3/b14-12-. The van der Waals surface area contributed by atoms with Crippen molar-refractivity contribution in [1.82, 2.24) is 0 Å². The van der Waals surface area contributed by atoms with E-state index in [2.05, 4.69) is 58.5 Å². The molecular weight excluding hydrogens is 180 g/mol. The number of hydrogen-bond donors (Lipinski definition) is 0. The molecule has 1 aromatic carbocycles. The van der Waals surface area contributed by atoms with Crippen molar-refractivity contribution in [3.8, 4) is 0 Å². The highest BCUT2D eigenvalue weighted by Gasteiger charge is 2.17. The van der Waals surface area contributed by atoms with E-state index in [9.17, 15) is 0 Å². The van der Waals surface area contributed by atoms with Gasteiger partial charge in [-0.1, -0.05) is 63.8 Å². The van der Waals surface area contributed by atoms with Crippen LogP contribution < -0.4 is 0 Å². The molecule has 0 unspecified atom stereocenters. The second-order valence-corrected chi connectivity index (χ2v) is 4.86. The fourth-order valence-electron chi connectivity index (χ4n) is 1.87. The van der Waals surface area contributed by atoms with Crippen molar-refractivity contribution in [2.45, 2.75) is 27.7 Å². The quantitative estimate of drug-likeness (QED) is 0.607. The molecule has 0 aliphatic rings. The van der Waals surface area contributed by atoms with Gasteiger partial charge in [-0.05, 0) is 29.0 Å². The van der Waals surface area contributed by atoms with Crippen molar-refractivity contribution in [3.05, 3.63) is 54.1 Å². The Labute approximate surface area is 93.3 Å². The summed E-state index contributed by atoms with van der Waals surface area (Å²) in [6, 6.07) is 10.5. The number of allylic oxidation sites excluding steroid dienone is 3. The lowest BCUT2D eigenvalue weighted by Gasteiger charge is -2.23. The molecule has 0 saturated heterocycles. The number of benzene rings is 1. The van der Waals surface area contributed by atoms with Crippen LogP contribution in [0.25, 0.3) is 5.57 Å². The third-order valence-electron chi connectivity index (χ3n) is 2.62. The maximum absolute atomic E-state index is 3.92. The SMILES string of the molecule is C=C/C(=C(\C)c1ccccc1)C(C)(C)C. The first kappa shape index (κ1) is 11.8. The average Bonchev–Trinajstić information content (AvgIpc) is 2.18. The molecule has 0 saturated carbocycles. The Hall–Kier alpha value is -1.30. The second-order valence-electron chi connectivity index (χ2n) is 4.86. The molecule has 0 aliphatic heterocycles. The predicted molar refractivity (Wildman–Crippen MR) is 68.7 cm³/mol. The molecule has 0 aliphatic carbocycles. The Balaban J connectivity index is 3.25. The summed E-state index contributed by atoms with van der Waals surface area (Å²) in [5.41, 5.74) is 4.07. The van der Waals surface area contributed by atoms with Gasteiger partial charge >= 0.3 is 0 Å². The molecule has 0 heterocycles. The summed E-state index contributed by atoms with van der Waals surface area (Å²) in [7, 11) is 0. The van der Waals surface area contributed by atoms with E-state index in [4.69, 9.17) is 0 Å². The Bertz CT molecular complexity index is 361. The molecule has 0 atom stereocenters.